The van der Waals surface area contributed by atoms with Crippen molar-refractivity contribution in [1.29, 1.82) is 0 Å². The summed E-state index contributed by atoms with van der Waals surface area (Å²) in [5.41, 5.74) is 1.89. The summed E-state index contributed by atoms with van der Waals surface area (Å²) in [4.78, 5) is 10.7. The van der Waals surface area contributed by atoms with Gasteiger partial charge in [-0.1, -0.05) is 6.07 Å². The van der Waals surface area contributed by atoms with Crippen molar-refractivity contribution in [1.82, 2.24) is 0 Å². The zero-order valence-corrected chi connectivity index (χ0v) is 7.07. The largest absolute Gasteiger partial charge is 0.478 e. The number of hydrogen-bond acceptors (Lipinski definition) is 2. The normalized spacial score (nSPS) is 10.5. The molecule has 0 aliphatic rings. The first-order valence-corrected chi connectivity index (χ1v) is 3.89. The smallest absolute Gasteiger partial charge is 0.339 e. The lowest BCUT2D eigenvalue weighted by molar-refractivity contribution is 0.0698. The van der Waals surface area contributed by atoms with Gasteiger partial charge in [0.2, 0.25) is 0 Å². The summed E-state index contributed by atoms with van der Waals surface area (Å²) in [7, 11) is 0. The minimum Gasteiger partial charge on any atom is -0.478 e. The van der Waals surface area contributed by atoms with Gasteiger partial charge in [-0.3, -0.25) is 0 Å². The molecule has 0 amide bonds. The van der Waals surface area contributed by atoms with Crippen molar-refractivity contribution in [3.8, 4) is 0 Å². The number of carboxylic acid groups (broad SMARTS) is 1. The van der Waals surface area contributed by atoms with Gasteiger partial charge in [-0.2, -0.15) is 0 Å². The number of aromatic carboxylic acids is 1. The second-order valence-electron chi connectivity index (χ2n) is 2.95. The predicted octanol–water partition coefficient (Wildman–Crippen LogP) is 2.44. The zero-order valence-electron chi connectivity index (χ0n) is 7.07. The summed E-state index contributed by atoms with van der Waals surface area (Å²) in [6.07, 6.45) is 1.27. The summed E-state index contributed by atoms with van der Waals surface area (Å²) < 4.78 is 5.11. The number of benzene rings is 1. The van der Waals surface area contributed by atoms with Crippen LogP contribution in [0, 0.1) is 6.92 Å². The molecule has 0 unspecified atom stereocenters. The summed E-state index contributed by atoms with van der Waals surface area (Å²) >= 11 is 0. The molecule has 0 aliphatic heterocycles. The average molecular weight is 176 g/mol. The maximum atomic E-state index is 10.7. The molecule has 3 heteroatoms. The van der Waals surface area contributed by atoms with Crippen LogP contribution in [0.5, 0.6) is 0 Å². The summed E-state index contributed by atoms with van der Waals surface area (Å²) in [6.45, 7) is 1.93. The molecule has 0 saturated heterocycles. The summed E-state index contributed by atoms with van der Waals surface area (Å²) in [5, 5.41) is 9.43. The molecule has 0 atom stereocenters. The fourth-order valence-corrected chi connectivity index (χ4v) is 1.30. The molecule has 13 heavy (non-hydrogen) atoms. The van der Waals surface area contributed by atoms with E-state index in [2.05, 4.69) is 0 Å². The Bertz CT molecular complexity index is 468. The number of fused-ring (bicyclic) bond motifs is 1. The molecular formula is C10H8O3. The van der Waals surface area contributed by atoms with E-state index in [1.54, 1.807) is 6.07 Å². The van der Waals surface area contributed by atoms with Gasteiger partial charge in [0.25, 0.3) is 0 Å². The van der Waals surface area contributed by atoms with E-state index in [4.69, 9.17) is 9.52 Å². The molecule has 3 nitrogen and oxygen atoms in total. The Labute approximate surface area is 74.6 Å². The monoisotopic (exact) mass is 176 g/mol. The molecule has 2 aromatic rings. The van der Waals surface area contributed by atoms with Crippen LogP contribution in [-0.4, -0.2) is 11.1 Å². The van der Waals surface area contributed by atoms with Crippen molar-refractivity contribution in [3.05, 3.63) is 35.6 Å². The first-order chi connectivity index (χ1) is 6.18. The fraction of sp³-hybridized carbons (Fsp3) is 0.100. The van der Waals surface area contributed by atoms with Crippen LogP contribution in [0.1, 0.15) is 15.9 Å². The lowest BCUT2D eigenvalue weighted by atomic mass is 10.1. The maximum absolute atomic E-state index is 10.7. The highest BCUT2D eigenvalue weighted by atomic mass is 16.4. The van der Waals surface area contributed by atoms with Crippen LogP contribution in [0.15, 0.2) is 28.9 Å². The van der Waals surface area contributed by atoms with E-state index in [1.165, 1.54) is 6.26 Å². The van der Waals surface area contributed by atoms with E-state index >= 15 is 0 Å². The summed E-state index contributed by atoms with van der Waals surface area (Å²) in [6, 6.07) is 5.45. The third-order valence-electron chi connectivity index (χ3n) is 1.96. The Balaban J connectivity index is 2.76. The number of rotatable bonds is 1. The number of furan rings is 1. The van der Waals surface area contributed by atoms with Crippen molar-refractivity contribution in [2.24, 2.45) is 0 Å². The average Bonchev–Trinajstić information content (AvgIpc) is 2.46. The van der Waals surface area contributed by atoms with Gasteiger partial charge in [-0.05, 0) is 24.6 Å². The van der Waals surface area contributed by atoms with Gasteiger partial charge in [0.05, 0.1) is 0 Å². The highest BCUT2D eigenvalue weighted by Gasteiger charge is 2.11. The van der Waals surface area contributed by atoms with Gasteiger partial charge < -0.3 is 9.52 Å². The van der Waals surface area contributed by atoms with Crippen molar-refractivity contribution in [2.45, 2.75) is 6.92 Å². The van der Waals surface area contributed by atoms with E-state index in [9.17, 15) is 4.79 Å². The summed E-state index contributed by atoms with van der Waals surface area (Å²) in [5.74, 6) is -0.956. The third kappa shape index (κ3) is 1.18. The van der Waals surface area contributed by atoms with E-state index in [0.717, 1.165) is 5.56 Å². The minimum absolute atomic E-state index is 0.218. The maximum Gasteiger partial charge on any atom is 0.339 e. The van der Waals surface area contributed by atoms with Crippen LogP contribution in [0.2, 0.25) is 0 Å². The van der Waals surface area contributed by atoms with Crippen LogP contribution in [0.3, 0.4) is 0 Å². The fourth-order valence-electron chi connectivity index (χ4n) is 1.30. The Morgan fingerprint density at radius 2 is 2.23 bits per heavy atom. The van der Waals surface area contributed by atoms with Crippen LogP contribution in [-0.2, 0) is 0 Å². The third-order valence-corrected chi connectivity index (χ3v) is 1.96. The van der Waals surface area contributed by atoms with Crippen molar-refractivity contribution < 1.29 is 14.3 Å². The molecule has 0 bridgehead atoms. The molecule has 1 N–H and O–H groups in total. The van der Waals surface area contributed by atoms with Crippen LogP contribution < -0.4 is 0 Å². The molecule has 0 spiro atoms. The molecular weight excluding hydrogens is 168 g/mol. The SMILES string of the molecule is Cc1ccc2c(C(=O)O)coc2c1. The number of hydrogen-bond donors (Lipinski definition) is 1. The van der Waals surface area contributed by atoms with Crippen molar-refractivity contribution in [2.75, 3.05) is 0 Å². The van der Waals surface area contributed by atoms with Gasteiger partial charge >= 0.3 is 5.97 Å². The molecule has 66 valence electrons. The lowest BCUT2D eigenvalue weighted by Gasteiger charge is -1.91. The van der Waals surface area contributed by atoms with Gasteiger partial charge in [0.1, 0.15) is 17.4 Å². The van der Waals surface area contributed by atoms with E-state index < -0.39 is 5.97 Å². The number of carbonyl (C=O) groups is 1. The molecule has 0 fully saturated rings. The highest BCUT2D eigenvalue weighted by molar-refractivity contribution is 6.02. The highest BCUT2D eigenvalue weighted by Crippen LogP contribution is 2.21. The first kappa shape index (κ1) is 7.86. The van der Waals surface area contributed by atoms with Gasteiger partial charge in [0.15, 0.2) is 0 Å². The molecule has 1 aromatic carbocycles. The quantitative estimate of drug-likeness (QED) is 0.725. The second kappa shape index (κ2) is 2.62. The van der Waals surface area contributed by atoms with E-state index in [0.29, 0.717) is 11.0 Å². The number of carboxylic acids is 1. The molecule has 2 rings (SSSR count). The first-order valence-electron chi connectivity index (χ1n) is 3.89. The topological polar surface area (TPSA) is 50.4 Å². The zero-order chi connectivity index (χ0) is 9.42. The van der Waals surface area contributed by atoms with Crippen molar-refractivity contribution in [3.63, 3.8) is 0 Å². The minimum atomic E-state index is -0.956. The molecule has 1 heterocycles. The Morgan fingerprint density at radius 1 is 1.46 bits per heavy atom. The Morgan fingerprint density at radius 3 is 2.92 bits per heavy atom. The molecule has 0 saturated carbocycles. The van der Waals surface area contributed by atoms with Crippen LogP contribution >= 0.6 is 0 Å². The van der Waals surface area contributed by atoms with Crippen molar-refractivity contribution >= 4 is 16.9 Å². The van der Waals surface area contributed by atoms with Crippen LogP contribution in [0.4, 0.5) is 0 Å². The second-order valence-corrected chi connectivity index (χ2v) is 2.95. The molecule has 0 aliphatic carbocycles. The predicted molar refractivity (Wildman–Crippen MR) is 47.9 cm³/mol. The van der Waals surface area contributed by atoms with E-state index in [-0.39, 0.29) is 5.56 Å². The number of aryl methyl sites for hydroxylation is 1. The van der Waals surface area contributed by atoms with E-state index in [1.807, 2.05) is 19.1 Å². The standard InChI is InChI=1S/C10H8O3/c1-6-2-3-7-8(10(11)12)5-13-9(7)4-6/h2-5H,1H3,(H,11,12). The Hall–Kier alpha value is -1.77. The molecule has 1 aromatic heterocycles. The molecule has 0 radical (unpaired) electrons. The van der Waals surface area contributed by atoms with Gasteiger partial charge in [-0.15, -0.1) is 0 Å². The van der Waals surface area contributed by atoms with Gasteiger partial charge in [-0.25, -0.2) is 4.79 Å². The van der Waals surface area contributed by atoms with Gasteiger partial charge in [0, 0.05) is 5.39 Å². The lowest BCUT2D eigenvalue weighted by Crippen LogP contribution is -1.93. The Kier molecular flexibility index (Phi) is 1.59. The van der Waals surface area contributed by atoms with Crippen LogP contribution in [0.25, 0.3) is 11.0 Å².